The van der Waals surface area contributed by atoms with Crippen LogP contribution in [0.3, 0.4) is 0 Å². The minimum absolute atomic E-state index is 0.0899. The van der Waals surface area contributed by atoms with Crippen molar-refractivity contribution < 1.29 is 4.74 Å². The van der Waals surface area contributed by atoms with E-state index < -0.39 is 0 Å². The molecule has 3 aromatic heterocycles. The van der Waals surface area contributed by atoms with Gasteiger partial charge in [-0.25, -0.2) is 9.97 Å². The molecule has 3 aromatic rings. The van der Waals surface area contributed by atoms with Crippen LogP contribution in [-0.4, -0.2) is 38.8 Å². The molecule has 8 nitrogen and oxygen atoms in total. The third-order valence-corrected chi connectivity index (χ3v) is 3.58. The number of nitrogens with one attached hydrogen (secondary N) is 2. The first-order valence-corrected chi connectivity index (χ1v) is 7.73. The fourth-order valence-electron chi connectivity index (χ4n) is 2.37. The summed E-state index contributed by atoms with van der Waals surface area (Å²) < 4.78 is 5.54. The monoisotopic (exact) mass is 337 g/mol. The number of H-pyrrole nitrogens is 1. The lowest BCUT2D eigenvalue weighted by Gasteiger charge is -2.08. The summed E-state index contributed by atoms with van der Waals surface area (Å²) in [5.74, 6) is 0.412. The van der Waals surface area contributed by atoms with Gasteiger partial charge in [-0.05, 0) is 13.0 Å². The van der Waals surface area contributed by atoms with Gasteiger partial charge < -0.3 is 26.6 Å². The summed E-state index contributed by atoms with van der Waals surface area (Å²) in [7, 11) is 0. The molecule has 128 valence electrons. The van der Waals surface area contributed by atoms with Crippen LogP contribution in [0, 0.1) is 5.41 Å². The first-order valence-electron chi connectivity index (χ1n) is 7.73. The number of ether oxygens (including phenoxy) is 1. The maximum Gasteiger partial charge on any atom is 0.232 e. The standard InChI is InChI=1S/C17H19N7O/c1-10(20)9-25-16-8-21-7-15(24-16)14-6-23-17-13(14)2-11(5-22-17)12(3-18)4-19/h2-8,10,18H,9,19-20H2,1H3,(H,22,23)/b12-4+,18-3?. The molecule has 0 saturated carbocycles. The van der Waals surface area contributed by atoms with E-state index in [1.165, 1.54) is 12.4 Å². The van der Waals surface area contributed by atoms with Gasteiger partial charge in [-0.15, -0.1) is 0 Å². The van der Waals surface area contributed by atoms with E-state index >= 15 is 0 Å². The Kier molecular flexibility index (Phi) is 4.71. The summed E-state index contributed by atoms with van der Waals surface area (Å²) in [6.07, 6.45) is 9.26. The average Bonchev–Trinajstić information content (AvgIpc) is 3.04. The SMILES string of the molecule is CC(N)COc1cncc(-c2c[nH]c3ncc(/C(C=N)=C/N)cc23)n1. The minimum atomic E-state index is -0.0899. The maximum atomic E-state index is 7.44. The normalized spacial score (nSPS) is 13.0. The zero-order chi connectivity index (χ0) is 17.8. The lowest BCUT2D eigenvalue weighted by molar-refractivity contribution is 0.284. The molecule has 0 saturated heterocycles. The minimum Gasteiger partial charge on any atom is -0.475 e. The predicted molar refractivity (Wildman–Crippen MR) is 97.2 cm³/mol. The van der Waals surface area contributed by atoms with E-state index in [9.17, 15) is 0 Å². The van der Waals surface area contributed by atoms with Crippen LogP contribution in [0.1, 0.15) is 12.5 Å². The number of pyridine rings is 1. The molecule has 0 aliphatic carbocycles. The summed E-state index contributed by atoms with van der Waals surface area (Å²) in [5.41, 5.74) is 14.8. The molecule has 0 fully saturated rings. The molecule has 0 amide bonds. The van der Waals surface area contributed by atoms with Gasteiger partial charge in [0.25, 0.3) is 0 Å². The quantitative estimate of drug-likeness (QED) is 0.505. The first kappa shape index (κ1) is 16.6. The Hall–Kier alpha value is -3.26. The van der Waals surface area contributed by atoms with Crippen LogP contribution in [0.25, 0.3) is 27.9 Å². The summed E-state index contributed by atoms with van der Waals surface area (Å²) in [6.45, 7) is 2.22. The zero-order valence-corrected chi connectivity index (χ0v) is 13.7. The van der Waals surface area contributed by atoms with E-state index in [2.05, 4.69) is 19.9 Å². The molecular formula is C17H19N7O. The molecule has 0 aliphatic heterocycles. The highest BCUT2D eigenvalue weighted by Crippen LogP contribution is 2.28. The van der Waals surface area contributed by atoms with Crippen LogP contribution in [0.4, 0.5) is 0 Å². The second-order valence-electron chi connectivity index (χ2n) is 5.62. The Bertz CT molecular complexity index is 930. The van der Waals surface area contributed by atoms with Gasteiger partial charge in [-0.1, -0.05) is 0 Å². The molecule has 8 heteroatoms. The lowest BCUT2D eigenvalue weighted by Crippen LogP contribution is -2.23. The largest absolute Gasteiger partial charge is 0.475 e. The summed E-state index contributed by atoms with van der Waals surface area (Å²) in [4.78, 5) is 16.2. The van der Waals surface area contributed by atoms with Crippen molar-refractivity contribution in [3.8, 4) is 17.1 Å². The van der Waals surface area contributed by atoms with Gasteiger partial charge in [0.05, 0.1) is 18.1 Å². The van der Waals surface area contributed by atoms with Crippen molar-refractivity contribution in [2.75, 3.05) is 6.61 Å². The highest BCUT2D eigenvalue weighted by atomic mass is 16.5. The van der Waals surface area contributed by atoms with Crippen LogP contribution in [0.15, 0.2) is 37.1 Å². The average molecular weight is 337 g/mol. The van der Waals surface area contributed by atoms with Crippen molar-refractivity contribution in [3.63, 3.8) is 0 Å². The van der Waals surface area contributed by atoms with E-state index in [4.69, 9.17) is 21.6 Å². The smallest absolute Gasteiger partial charge is 0.232 e. The second kappa shape index (κ2) is 7.10. The number of fused-ring (bicyclic) bond motifs is 1. The van der Waals surface area contributed by atoms with E-state index in [-0.39, 0.29) is 6.04 Å². The number of aromatic nitrogens is 4. The van der Waals surface area contributed by atoms with E-state index in [1.54, 1.807) is 18.6 Å². The van der Waals surface area contributed by atoms with Gasteiger partial charge in [-0.3, -0.25) is 4.98 Å². The molecule has 0 aliphatic rings. The molecule has 0 bridgehead atoms. The van der Waals surface area contributed by atoms with Crippen molar-refractivity contribution in [2.45, 2.75) is 13.0 Å². The summed E-state index contributed by atoms with van der Waals surface area (Å²) in [6, 6.07) is 1.82. The van der Waals surface area contributed by atoms with Crippen molar-refractivity contribution in [3.05, 3.63) is 42.6 Å². The molecule has 0 spiro atoms. The molecular weight excluding hydrogens is 318 g/mol. The topological polar surface area (TPSA) is 140 Å². The number of aromatic amines is 1. The third kappa shape index (κ3) is 3.48. The highest BCUT2D eigenvalue weighted by Gasteiger charge is 2.12. The predicted octanol–water partition coefficient (Wildman–Crippen LogP) is 1.70. The highest BCUT2D eigenvalue weighted by molar-refractivity contribution is 6.09. The van der Waals surface area contributed by atoms with Crippen molar-refractivity contribution in [1.29, 1.82) is 5.41 Å². The summed E-state index contributed by atoms with van der Waals surface area (Å²) in [5, 5.41) is 8.30. The van der Waals surface area contributed by atoms with Gasteiger partial charge in [0, 0.05) is 52.9 Å². The lowest BCUT2D eigenvalue weighted by atomic mass is 10.1. The number of nitrogens with two attached hydrogens (primary N) is 2. The second-order valence-corrected chi connectivity index (χ2v) is 5.62. The maximum absolute atomic E-state index is 7.44. The van der Waals surface area contributed by atoms with Crippen LogP contribution in [-0.2, 0) is 0 Å². The Balaban J connectivity index is 2.02. The zero-order valence-electron chi connectivity index (χ0n) is 13.7. The Labute approximate surface area is 144 Å². The van der Waals surface area contributed by atoms with Gasteiger partial charge in [-0.2, -0.15) is 0 Å². The van der Waals surface area contributed by atoms with E-state index in [1.807, 2.05) is 19.2 Å². The van der Waals surface area contributed by atoms with Gasteiger partial charge in [0.1, 0.15) is 12.3 Å². The van der Waals surface area contributed by atoms with Crippen molar-refractivity contribution in [2.24, 2.45) is 11.5 Å². The molecule has 1 atom stereocenters. The number of rotatable bonds is 6. The Morgan fingerprint density at radius 3 is 2.96 bits per heavy atom. The van der Waals surface area contributed by atoms with Crippen LogP contribution in [0.2, 0.25) is 0 Å². The van der Waals surface area contributed by atoms with Crippen LogP contribution in [0.5, 0.6) is 5.88 Å². The number of allylic oxidation sites excluding steroid dienone is 1. The molecule has 3 rings (SSSR count). The van der Waals surface area contributed by atoms with Gasteiger partial charge in [0.15, 0.2) is 0 Å². The molecule has 0 aromatic carbocycles. The molecule has 25 heavy (non-hydrogen) atoms. The third-order valence-electron chi connectivity index (χ3n) is 3.58. The fourth-order valence-corrected chi connectivity index (χ4v) is 2.37. The fraction of sp³-hybridized carbons (Fsp3) is 0.176. The Morgan fingerprint density at radius 2 is 2.24 bits per heavy atom. The molecule has 3 heterocycles. The van der Waals surface area contributed by atoms with Crippen LogP contribution < -0.4 is 16.2 Å². The number of hydrogen-bond acceptors (Lipinski definition) is 7. The van der Waals surface area contributed by atoms with Gasteiger partial charge in [0.2, 0.25) is 5.88 Å². The van der Waals surface area contributed by atoms with Crippen LogP contribution >= 0.6 is 0 Å². The number of hydrogen-bond donors (Lipinski definition) is 4. The Morgan fingerprint density at radius 1 is 1.40 bits per heavy atom. The van der Waals surface area contributed by atoms with Crippen molar-refractivity contribution >= 4 is 22.8 Å². The first-order chi connectivity index (χ1) is 12.1. The van der Waals surface area contributed by atoms with Crippen molar-refractivity contribution in [1.82, 2.24) is 19.9 Å². The van der Waals surface area contributed by atoms with Gasteiger partial charge >= 0.3 is 0 Å². The molecule has 6 N–H and O–H groups in total. The van der Waals surface area contributed by atoms with E-state index in [0.29, 0.717) is 29.4 Å². The molecule has 1 unspecified atom stereocenters. The molecule has 0 radical (unpaired) electrons. The van der Waals surface area contributed by atoms with E-state index in [0.717, 1.165) is 16.5 Å². The number of nitrogens with zero attached hydrogens (tertiary/aromatic N) is 3. The summed E-state index contributed by atoms with van der Waals surface area (Å²) >= 11 is 0.